The Morgan fingerprint density at radius 3 is 2.33 bits per heavy atom. The Balaban J connectivity index is 1.35. The Kier molecular flexibility index (Phi) is 6.06. The molecule has 4 rings (SSSR count). The highest BCUT2D eigenvalue weighted by molar-refractivity contribution is 6.42. The Hall–Kier alpha value is -2.83. The number of nitrogens with one attached hydrogen (secondary N) is 2. The SMILES string of the molecule is O=C(NCCNC(=O)c1nc(-c2ccccc2)oc1C1CC1)c1ccc(Cl)c(Cl)c1. The Morgan fingerprint density at radius 2 is 1.67 bits per heavy atom. The molecule has 2 N–H and O–H groups in total. The molecule has 1 aliphatic carbocycles. The molecule has 2 aromatic carbocycles. The number of aromatic nitrogens is 1. The molecule has 0 unspecified atom stereocenters. The Morgan fingerprint density at radius 1 is 0.967 bits per heavy atom. The summed E-state index contributed by atoms with van der Waals surface area (Å²) in [7, 11) is 0. The maximum absolute atomic E-state index is 12.7. The minimum atomic E-state index is -0.313. The van der Waals surface area contributed by atoms with Crippen LogP contribution in [0.2, 0.25) is 10.0 Å². The van der Waals surface area contributed by atoms with E-state index in [1.165, 1.54) is 6.07 Å². The molecule has 1 saturated carbocycles. The van der Waals surface area contributed by atoms with Crippen LogP contribution in [-0.4, -0.2) is 29.9 Å². The maximum atomic E-state index is 12.7. The van der Waals surface area contributed by atoms with Crippen LogP contribution in [0.15, 0.2) is 52.9 Å². The molecule has 1 heterocycles. The summed E-state index contributed by atoms with van der Waals surface area (Å²) in [5.74, 6) is 0.702. The van der Waals surface area contributed by atoms with Gasteiger partial charge in [-0.1, -0.05) is 41.4 Å². The van der Waals surface area contributed by atoms with E-state index in [2.05, 4.69) is 15.6 Å². The van der Waals surface area contributed by atoms with Crippen LogP contribution in [0.4, 0.5) is 0 Å². The fourth-order valence-corrected chi connectivity index (χ4v) is 3.29. The van der Waals surface area contributed by atoms with E-state index in [4.69, 9.17) is 27.6 Å². The minimum absolute atomic E-state index is 0.241. The van der Waals surface area contributed by atoms with E-state index in [9.17, 15) is 9.59 Å². The van der Waals surface area contributed by atoms with Crippen LogP contribution in [0, 0.1) is 0 Å². The summed E-state index contributed by atoms with van der Waals surface area (Å²) in [6.45, 7) is 0.510. The first kappa shape index (κ1) is 20.4. The van der Waals surface area contributed by atoms with Crippen molar-refractivity contribution in [3.63, 3.8) is 0 Å². The Bertz CT molecular complexity index is 1080. The zero-order valence-corrected chi connectivity index (χ0v) is 17.5. The van der Waals surface area contributed by atoms with E-state index < -0.39 is 0 Å². The number of carbonyl (C=O) groups is 2. The fraction of sp³-hybridized carbons (Fsp3) is 0.227. The quantitative estimate of drug-likeness (QED) is 0.518. The predicted octanol–water partition coefficient (Wildman–Crippen LogP) is 4.69. The van der Waals surface area contributed by atoms with Gasteiger partial charge in [-0.2, -0.15) is 0 Å². The van der Waals surface area contributed by atoms with Gasteiger partial charge in [0.25, 0.3) is 11.8 Å². The van der Waals surface area contributed by atoms with Crippen molar-refractivity contribution in [3.05, 3.63) is 75.6 Å². The second-order valence-electron chi connectivity index (χ2n) is 7.01. The smallest absolute Gasteiger partial charge is 0.273 e. The van der Waals surface area contributed by atoms with E-state index in [0.717, 1.165) is 18.4 Å². The van der Waals surface area contributed by atoms with Gasteiger partial charge in [-0.3, -0.25) is 9.59 Å². The monoisotopic (exact) mass is 443 g/mol. The Labute approximate surface area is 183 Å². The third-order valence-corrected chi connectivity index (χ3v) is 5.45. The molecule has 6 nitrogen and oxygen atoms in total. The van der Waals surface area contributed by atoms with Crippen LogP contribution >= 0.6 is 23.2 Å². The van der Waals surface area contributed by atoms with E-state index in [-0.39, 0.29) is 30.8 Å². The summed E-state index contributed by atoms with van der Waals surface area (Å²) in [4.78, 5) is 29.3. The second kappa shape index (κ2) is 8.90. The van der Waals surface area contributed by atoms with Gasteiger partial charge in [0.05, 0.1) is 10.0 Å². The average Bonchev–Trinajstić information content (AvgIpc) is 3.51. The van der Waals surface area contributed by atoms with Crippen LogP contribution in [0.3, 0.4) is 0 Å². The normalized spacial score (nSPS) is 13.1. The highest BCUT2D eigenvalue weighted by Crippen LogP contribution is 2.43. The van der Waals surface area contributed by atoms with Crippen molar-refractivity contribution in [1.29, 1.82) is 0 Å². The van der Waals surface area contributed by atoms with Crippen molar-refractivity contribution in [2.24, 2.45) is 0 Å². The number of halogens is 2. The second-order valence-corrected chi connectivity index (χ2v) is 7.83. The van der Waals surface area contributed by atoms with Crippen LogP contribution in [0.25, 0.3) is 11.5 Å². The number of amides is 2. The first-order valence-corrected chi connectivity index (χ1v) is 10.4. The largest absolute Gasteiger partial charge is 0.440 e. The van der Waals surface area contributed by atoms with Crippen molar-refractivity contribution < 1.29 is 14.0 Å². The van der Waals surface area contributed by atoms with E-state index in [1.807, 2.05) is 30.3 Å². The van der Waals surface area contributed by atoms with Gasteiger partial charge in [0.2, 0.25) is 5.89 Å². The number of carbonyl (C=O) groups excluding carboxylic acids is 2. The van der Waals surface area contributed by atoms with Crippen molar-refractivity contribution >= 4 is 35.0 Å². The third-order valence-electron chi connectivity index (χ3n) is 4.72. The lowest BCUT2D eigenvalue weighted by atomic mass is 10.2. The van der Waals surface area contributed by atoms with Crippen molar-refractivity contribution in [3.8, 4) is 11.5 Å². The highest BCUT2D eigenvalue weighted by Gasteiger charge is 2.34. The van der Waals surface area contributed by atoms with Crippen LogP contribution < -0.4 is 10.6 Å². The first-order chi connectivity index (χ1) is 14.5. The minimum Gasteiger partial charge on any atom is -0.440 e. The van der Waals surface area contributed by atoms with Gasteiger partial charge in [-0.05, 0) is 43.2 Å². The molecule has 30 heavy (non-hydrogen) atoms. The number of oxazole rings is 1. The molecule has 2 amide bonds. The summed E-state index contributed by atoms with van der Waals surface area (Å²) < 4.78 is 5.90. The summed E-state index contributed by atoms with van der Waals surface area (Å²) in [6.07, 6.45) is 1.98. The molecule has 3 aromatic rings. The van der Waals surface area contributed by atoms with Crippen molar-refractivity contribution in [2.75, 3.05) is 13.1 Å². The molecule has 8 heteroatoms. The lowest BCUT2D eigenvalue weighted by Gasteiger charge is -2.07. The molecule has 0 radical (unpaired) electrons. The number of nitrogens with zero attached hydrogens (tertiary/aromatic N) is 1. The summed E-state index contributed by atoms with van der Waals surface area (Å²) in [5, 5.41) is 6.22. The molecular formula is C22H19Cl2N3O3. The van der Waals surface area contributed by atoms with Gasteiger partial charge in [-0.25, -0.2) is 4.98 Å². The molecule has 1 aliphatic rings. The van der Waals surface area contributed by atoms with Gasteiger partial charge in [0.1, 0.15) is 5.76 Å². The lowest BCUT2D eigenvalue weighted by Crippen LogP contribution is -2.35. The molecule has 1 fully saturated rings. The highest BCUT2D eigenvalue weighted by atomic mass is 35.5. The lowest BCUT2D eigenvalue weighted by molar-refractivity contribution is 0.0924. The fourth-order valence-electron chi connectivity index (χ4n) is 3.00. The number of hydrogen-bond acceptors (Lipinski definition) is 4. The van der Waals surface area contributed by atoms with E-state index in [0.29, 0.717) is 33.0 Å². The molecule has 0 spiro atoms. The molecular weight excluding hydrogens is 425 g/mol. The predicted molar refractivity (Wildman–Crippen MR) is 115 cm³/mol. The van der Waals surface area contributed by atoms with Gasteiger partial charge >= 0.3 is 0 Å². The van der Waals surface area contributed by atoms with Gasteiger partial charge in [-0.15, -0.1) is 0 Å². The average molecular weight is 444 g/mol. The molecule has 0 bridgehead atoms. The van der Waals surface area contributed by atoms with Crippen LogP contribution in [0.1, 0.15) is 45.4 Å². The molecule has 154 valence electrons. The van der Waals surface area contributed by atoms with Crippen molar-refractivity contribution in [2.45, 2.75) is 18.8 Å². The van der Waals surface area contributed by atoms with Crippen molar-refractivity contribution in [1.82, 2.24) is 15.6 Å². The molecule has 0 aliphatic heterocycles. The number of rotatable bonds is 7. The topological polar surface area (TPSA) is 84.2 Å². The van der Waals surface area contributed by atoms with Gasteiger partial charge < -0.3 is 15.1 Å². The van der Waals surface area contributed by atoms with Gasteiger partial charge in [0, 0.05) is 30.1 Å². The number of hydrogen-bond donors (Lipinski definition) is 2. The summed E-state index contributed by atoms with van der Waals surface area (Å²) in [6, 6.07) is 14.1. The zero-order chi connectivity index (χ0) is 21.1. The number of benzene rings is 2. The first-order valence-electron chi connectivity index (χ1n) is 9.60. The van der Waals surface area contributed by atoms with E-state index in [1.54, 1.807) is 12.1 Å². The standard InChI is InChI=1S/C22H19Cl2N3O3/c23-16-9-8-15(12-17(16)24)20(28)25-10-11-26-21(29)18-19(13-6-7-13)30-22(27-18)14-4-2-1-3-5-14/h1-5,8-9,12-13H,6-7,10-11H2,(H,25,28)(H,26,29). The maximum Gasteiger partial charge on any atom is 0.273 e. The molecule has 0 atom stereocenters. The molecule has 0 saturated heterocycles. The molecule has 1 aromatic heterocycles. The van der Waals surface area contributed by atoms with Gasteiger partial charge in [0.15, 0.2) is 5.69 Å². The van der Waals surface area contributed by atoms with Crippen LogP contribution in [-0.2, 0) is 0 Å². The summed E-state index contributed by atoms with van der Waals surface area (Å²) in [5.41, 5.74) is 1.54. The summed E-state index contributed by atoms with van der Waals surface area (Å²) >= 11 is 11.8. The zero-order valence-electron chi connectivity index (χ0n) is 16.0. The van der Waals surface area contributed by atoms with Crippen LogP contribution in [0.5, 0.6) is 0 Å². The van der Waals surface area contributed by atoms with E-state index >= 15 is 0 Å². The third kappa shape index (κ3) is 4.66.